The molecule has 3 aromatic rings. The Balaban J connectivity index is 1.69. The molecule has 0 aliphatic carbocycles. The van der Waals surface area contributed by atoms with Crippen LogP contribution in [0, 0.1) is 12.7 Å². The number of anilines is 1. The summed E-state index contributed by atoms with van der Waals surface area (Å²) < 4.78 is 18.2. The fourth-order valence-electron chi connectivity index (χ4n) is 1.92. The van der Waals surface area contributed by atoms with E-state index in [0.717, 1.165) is 5.56 Å². The Labute approximate surface area is 121 Å². The number of aryl methyl sites for hydroxylation is 1. The van der Waals surface area contributed by atoms with Crippen molar-refractivity contribution in [3.8, 4) is 11.4 Å². The van der Waals surface area contributed by atoms with Gasteiger partial charge >= 0.3 is 0 Å². The molecule has 1 N–H and O–H groups in total. The van der Waals surface area contributed by atoms with Gasteiger partial charge in [-0.15, -0.1) is 0 Å². The quantitative estimate of drug-likeness (QED) is 0.791. The average molecular weight is 283 g/mol. The van der Waals surface area contributed by atoms with Crippen molar-refractivity contribution in [2.75, 3.05) is 5.32 Å². The highest BCUT2D eigenvalue weighted by Crippen LogP contribution is 2.17. The summed E-state index contributed by atoms with van der Waals surface area (Å²) in [6.45, 7) is 2.37. The molecule has 0 saturated heterocycles. The molecule has 0 amide bonds. The van der Waals surface area contributed by atoms with Crippen LogP contribution in [-0.2, 0) is 6.54 Å². The van der Waals surface area contributed by atoms with Crippen LogP contribution in [0.1, 0.15) is 11.5 Å². The fourth-order valence-corrected chi connectivity index (χ4v) is 1.92. The first-order valence-electron chi connectivity index (χ1n) is 6.60. The predicted octanol–water partition coefficient (Wildman–Crippen LogP) is 3.80. The van der Waals surface area contributed by atoms with Crippen LogP contribution in [0.25, 0.3) is 11.4 Å². The third-order valence-electron chi connectivity index (χ3n) is 3.05. The summed E-state index contributed by atoms with van der Waals surface area (Å²) in [5.74, 6) is 0.715. The number of halogens is 1. The minimum atomic E-state index is -0.286. The molecule has 0 unspecified atom stereocenters. The molecule has 4 nitrogen and oxygen atoms in total. The highest BCUT2D eigenvalue weighted by atomic mass is 19.1. The highest BCUT2D eigenvalue weighted by Gasteiger charge is 2.08. The lowest BCUT2D eigenvalue weighted by Crippen LogP contribution is -1.99. The molecular formula is C16H14FN3O. The molecule has 2 aromatic carbocycles. The molecule has 1 aromatic heterocycles. The molecule has 0 atom stereocenters. The zero-order chi connectivity index (χ0) is 14.7. The highest BCUT2D eigenvalue weighted by molar-refractivity contribution is 5.54. The van der Waals surface area contributed by atoms with Gasteiger partial charge in [-0.2, -0.15) is 4.98 Å². The normalized spacial score (nSPS) is 10.6. The standard InChI is InChI=1S/C16H14FN3O/c1-11-5-7-12(8-6-11)16-19-15(21-20-16)10-18-14-4-2-3-13(17)9-14/h2-9,18H,10H2,1H3. The molecular weight excluding hydrogens is 269 g/mol. The topological polar surface area (TPSA) is 51.0 Å². The Morgan fingerprint density at radius 2 is 1.95 bits per heavy atom. The van der Waals surface area contributed by atoms with E-state index in [-0.39, 0.29) is 5.82 Å². The lowest BCUT2D eigenvalue weighted by Gasteiger charge is -2.02. The Bertz CT molecular complexity index is 737. The summed E-state index contributed by atoms with van der Waals surface area (Å²) in [5, 5.41) is 6.99. The Kier molecular flexibility index (Phi) is 3.64. The maximum absolute atomic E-state index is 13.1. The Hall–Kier alpha value is -2.69. The molecule has 0 aliphatic rings. The minimum absolute atomic E-state index is 0.286. The SMILES string of the molecule is Cc1ccc(-c2noc(CNc3cccc(F)c3)n2)cc1. The Morgan fingerprint density at radius 3 is 2.71 bits per heavy atom. The molecule has 0 aliphatic heterocycles. The van der Waals surface area contributed by atoms with E-state index in [1.165, 1.54) is 17.7 Å². The number of rotatable bonds is 4. The predicted molar refractivity (Wildman–Crippen MR) is 78.2 cm³/mol. The third kappa shape index (κ3) is 3.25. The summed E-state index contributed by atoms with van der Waals surface area (Å²) >= 11 is 0. The van der Waals surface area contributed by atoms with Gasteiger partial charge in [0.15, 0.2) is 0 Å². The van der Waals surface area contributed by atoms with Gasteiger partial charge in [0, 0.05) is 11.3 Å². The van der Waals surface area contributed by atoms with Crippen molar-refractivity contribution < 1.29 is 8.91 Å². The van der Waals surface area contributed by atoms with Gasteiger partial charge in [-0.05, 0) is 25.1 Å². The number of hydrogen-bond donors (Lipinski definition) is 1. The van der Waals surface area contributed by atoms with Crippen molar-refractivity contribution >= 4 is 5.69 Å². The van der Waals surface area contributed by atoms with Crippen molar-refractivity contribution in [3.63, 3.8) is 0 Å². The summed E-state index contributed by atoms with van der Waals surface area (Å²) in [7, 11) is 0. The molecule has 3 rings (SSSR count). The van der Waals surface area contributed by atoms with Crippen molar-refractivity contribution in [1.82, 2.24) is 10.1 Å². The van der Waals surface area contributed by atoms with E-state index in [4.69, 9.17) is 4.52 Å². The van der Waals surface area contributed by atoms with Gasteiger partial charge in [0.25, 0.3) is 0 Å². The number of nitrogens with one attached hydrogen (secondary N) is 1. The van der Waals surface area contributed by atoms with Crippen molar-refractivity contribution in [2.45, 2.75) is 13.5 Å². The molecule has 5 heteroatoms. The van der Waals surface area contributed by atoms with E-state index in [1.54, 1.807) is 12.1 Å². The first-order chi connectivity index (χ1) is 10.2. The minimum Gasteiger partial charge on any atom is -0.376 e. The molecule has 0 radical (unpaired) electrons. The summed E-state index contributed by atoms with van der Waals surface area (Å²) in [5.41, 5.74) is 2.75. The van der Waals surface area contributed by atoms with Gasteiger partial charge in [-0.1, -0.05) is 41.1 Å². The summed E-state index contributed by atoms with van der Waals surface area (Å²) in [4.78, 5) is 4.31. The second-order valence-electron chi connectivity index (χ2n) is 4.74. The van der Waals surface area contributed by atoms with Gasteiger partial charge in [0.1, 0.15) is 5.82 Å². The third-order valence-corrected chi connectivity index (χ3v) is 3.05. The number of nitrogens with zero attached hydrogens (tertiary/aromatic N) is 2. The van der Waals surface area contributed by atoms with E-state index in [2.05, 4.69) is 15.5 Å². The summed E-state index contributed by atoms with van der Waals surface area (Å²) in [6, 6.07) is 14.1. The van der Waals surface area contributed by atoms with E-state index in [9.17, 15) is 4.39 Å². The van der Waals surface area contributed by atoms with Crippen LogP contribution in [0.5, 0.6) is 0 Å². The van der Waals surface area contributed by atoms with E-state index < -0.39 is 0 Å². The zero-order valence-corrected chi connectivity index (χ0v) is 11.5. The van der Waals surface area contributed by atoms with Crippen LogP contribution in [0.3, 0.4) is 0 Å². The lowest BCUT2D eigenvalue weighted by molar-refractivity contribution is 0.384. The molecule has 0 bridgehead atoms. The maximum atomic E-state index is 13.1. The van der Waals surface area contributed by atoms with Crippen LogP contribution in [0.2, 0.25) is 0 Å². The second-order valence-corrected chi connectivity index (χ2v) is 4.74. The smallest absolute Gasteiger partial charge is 0.246 e. The lowest BCUT2D eigenvalue weighted by atomic mass is 10.1. The fraction of sp³-hybridized carbons (Fsp3) is 0.125. The van der Waals surface area contributed by atoms with Gasteiger partial charge in [0.2, 0.25) is 11.7 Å². The van der Waals surface area contributed by atoms with E-state index in [0.29, 0.717) is 23.9 Å². The van der Waals surface area contributed by atoms with Crippen LogP contribution in [0.4, 0.5) is 10.1 Å². The van der Waals surface area contributed by atoms with Crippen molar-refractivity contribution in [1.29, 1.82) is 0 Å². The van der Waals surface area contributed by atoms with Gasteiger partial charge in [-0.3, -0.25) is 0 Å². The maximum Gasteiger partial charge on any atom is 0.246 e. The van der Waals surface area contributed by atoms with Crippen molar-refractivity contribution in [2.24, 2.45) is 0 Å². The second kappa shape index (κ2) is 5.75. The zero-order valence-electron chi connectivity index (χ0n) is 11.5. The molecule has 0 fully saturated rings. The molecule has 21 heavy (non-hydrogen) atoms. The molecule has 1 heterocycles. The molecule has 0 saturated carbocycles. The number of benzene rings is 2. The van der Waals surface area contributed by atoms with Crippen LogP contribution < -0.4 is 5.32 Å². The van der Waals surface area contributed by atoms with E-state index in [1.807, 2.05) is 31.2 Å². The monoisotopic (exact) mass is 283 g/mol. The Morgan fingerprint density at radius 1 is 1.14 bits per heavy atom. The van der Waals surface area contributed by atoms with Crippen molar-refractivity contribution in [3.05, 3.63) is 65.8 Å². The van der Waals surface area contributed by atoms with Gasteiger partial charge in [-0.25, -0.2) is 4.39 Å². The number of hydrogen-bond acceptors (Lipinski definition) is 4. The largest absolute Gasteiger partial charge is 0.376 e. The van der Waals surface area contributed by atoms with Gasteiger partial charge in [0.05, 0.1) is 6.54 Å². The average Bonchev–Trinajstić information content (AvgIpc) is 2.95. The van der Waals surface area contributed by atoms with Crippen LogP contribution >= 0.6 is 0 Å². The van der Waals surface area contributed by atoms with E-state index >= 15 is 0 Å². The summed E-state index contributed by atoms with van der Waals surface area (Å²) in [6.07, 6.45) is 0. The first-order valence-corrected chi connectivity index (χ1v) is 6.60. The number of aromatic nitrogens is 2. The van der Waals surface area contributed by atoms with Crippen LogP contribution in [0.15, 0.2) is 53.1 Å². The van der Waals surface area contributed by atoms with Gasteiger partial charge < -0.3 is 9.84 Å². The van der Waals surface area contributed by atoms with Crippen LogP contribution in [-0.4, -0.2) is 10.1 Å². The molecule has 0 spiro atoms. The first kappa shape index (κ1) is 13.3. The molecule has 106 valence electrons.